The van der Waals surface area contributed by atoms with E-state index in [0.29, 0.717) is 0 Å². The molecule has 3 aromatic carbocycles. The van der Waals surface area contributed by atoms with Gasteiger partial charge in [0.1, 0.15) is 0 Å². The van der Waals surface area contributed by atoms with Gasteiger partial charge in [-0.1, -0.05) is 6.92 Å². The average Bonchev–Trinajstić information content (AvgIpc) is 3.09. The van der Waals surface area contributed by atoms with Crippen LogP contribution >= 0.6 is 17.5 Å². The standard InChI is InChI=1S/C42H65IO3S/c1-4-6-8-10-12-14-15-16-18-20-28-38-43(40-29-23-21-24-30-40,41-31-25-22-26-32-41,37-27-19-17-13-11-9-7-5-2)46-47(44,45)42-35-33-39(3)34-36-42/h21-26,29-36H,4-20,27-28,37-38H2,1-3H3. The van der Waals surface area contributed by atoms with Gasteiger partial charge in [0.25, 0.3) is 0 Å². The monoisotopic (exact) mass is 776 g/mol. The zero-order chi connectivity index (χ0) is 33.7. The Morgan fingerprint density at radius 3 is 1.17 bits per heavy atom. The predicted molar refractivity (Wildman–Crippen MR) is 213 cm³/mol. The first-order chi connectivity index (χ1) is 22.9. The third-order valence-corrected chi connectivity index (χ3v) is 28.2. The Balaban J connectivity index is 1.93. The van der Waals surface area contributed by atoms with Crippen LogP contribution in [0.2, 0.25) is 0 Å². The predicted octanol–water partition coefficient (Wildman–Crippen LogP) is 13.4. The second kappa shape index (κ2) is 21.4. The summed E-state index contributed by atoms with van der Waals surface area (Å²) < 4.78 is 39.9. The van der Waals surface area contributed by atoms with E-state index in [4.69, 9.17) is 2.51 Å². The summed E-state index contributed by atoms with van der Waals surface area (Å²) in [6, 6.07) is 28.3. The summed E-state index contributed by atoms with van der Waals surface area (Å²) in [5.74, 6) is 0. The minimum atomic E-state index is -4.63. The number of hydrogen-bond acceptors (Lipinski definition) is 3. The summed E-state index contributed by atoms with van der Waals surface area (Å²) in [5.41, 5.74) is 1.04. The van der Waals surface area contributed by atoms with Crippen LogP contribution in [0.5, 0.6) is 0 Å². The van der Waals surface area contributed by atoms with E-state index in [2.05, 4.69) is 62.4 Å². The van der Waals surface area contributed by atoms with Crippen molar-refractivity contribution in [2.75, 3.05) is 8.86 Å². The molecule has 0 spiro atoms. The number of aryl methyl sites for hydroxylation is 1. The van der Waals surface area contributed by atoms with Crippen LogP contribution in [0.4, 0.5) is 0 Å². The second-order valence-corrected chi connectivity index (χ2v) is 27.5. The van der Waals surface area contributed by atoms with Gasteiger partial charge in [0, 0.05) is 0 Å². The Bertz CT molecular complexity index is 1300. The molecule has 5 heteroatoms. The first-order valence-corrected chi connectivity index (χ1v) is 26.3. The normalized spacial score (nSPS) is 13.0. The molecule has 3 aromatic rings. The Morgan fingerprint density at radius 1 is 0.468 bits per heavy atom. The van der Waals surface area contributed by atoms with Gasteiger partial charge in [-0.3, -0.25) is 0 Å². The van der Waals surface area contributed by atoms with E-state index in [1.165, 1.54) is 96.3 Å². The Hall–Kier alpha value is -1.70. The molecule has 0 radical (unpaired) electrons. The van der Waals surface area contributed by atoms with E-state index < -0.39 is 27.6 Å². The van der Waals surface area contributed by atoms with Crippen LogP contribution in [0.3, 0.4) is 0 Å². The molecule has 3 rings (SSSR count). The molecule has 0 atom stereocenters. The number of unbranched alkanes of at least 4 members (excludes halogenated alkanes) is 17. The molecule has 0 aliphatic heterocycles. The molecular weight excluding hydrogens is 711 g/mol. The number of rotatable bonds is 26. The van der Waals surface area contributed by atoms with Gasteiger partial charge in [-0.15, -0.1) is 0 Å². The van der Waals surface area contributed by atoms with E-state index in [9.17, 15) is 8.42 Å². The Labute approximate surface area is 291 Å². The molecule has 0 N–H and O–H groups in total. The van der Waals surface area contributed by atoms with Gasteiger partial charge in [0.05, 0.1) is 0 Å². The summed E-state index contributed by atoms with van der Waals surface area (Å²) in [6.45, 7) is 6.53. The topological polar surface area (TPSA) is 43.4 Å². The quantitative estimate of drug-likeness (QED) is 0.0463. The molecule has 264 valence electrons. The van der Waals surface area contributed by atoms with Gasteiger partial charge in [-0.25, -0.2) is 0 Å². The first-order valence-electron chi connectivity index (χ1n) is 18.8. The maximum absolute atomic E-state index is 14.5. The zero-order valence-corrected chi connectivity index (χ0v) is 32.9. The minimum absolute atomic E-state index is 0.263. The van der Waals surface area contributed by atoms with Crippen molar-refractivity contribution in [3.8, 4) is 0 Å². The summed E-state index contributed by atoms with van der Waals surface area (Å²) in [4.78, 5) is 0.263. The van der Waals surface area contributed by atoms with Crippen molar-refractivity contribution in [3.05, 3.63) is 97.6 Å². The molecule has 47 heavy (non-hydrogen) atoms. The fraction of sp³-hybridized carbons (Fsp3) is 0.571. The molecule has 0 aromatic heterocycles. The first kappa shape index (κ1) is 39.7. The van der Waals surface area contributed by atoms with Crippen molar-refractivity contribution in [1.29, 1.82) is 0 Å². The van der Waals surface area contributed by atoms with Crippen LogP contribution in [0.1, 0.15) is 141 Å². The summed E-state index contributed by atoms with van der Waals surface area (Å²) in [6.07, 6.45) is 23.6. The van der Waals surface area contributed by atoms with Gasteiger partial charge < -0.3 is 0 Å². The van der Waals surface area contributed by atoms with Crippen molar-refractivity contribution >= 4 is 27.6 Å². The molecule has 0 saturated carbocycles. The van der Waals surface area contributed by atoms with E-state index in [0.717, 1.165) is 47.2 Å². The summed E-state index contributed by atoms with van der Waals surface area (Å²) in [7, 11) is -4.03. The van der Waals surface area contributed by atoms with Crippen molar-refractivity contribution in [2.45, 2.75) is 148 Å². The molecule has 0 unspecified atom stereocenters. The molecular formula is C42H65IO3S. The van der Waals surface area contributed by atoms with Gasteiger partial charge in [-0.05, 0) is 0 Å². The van der Waals surface area contributed by atoms with Crippen LogP contribution in [-0.2, 0) is 12.6 Å². The van der Waals surface area contributed by atoms with E-state index in [1.54, 1.807) is 12.1 Å². The molecule has 0 heterocycles. The SMILES string of the molecule is CCCCCCCCCCCCCI(CCCCCCCCCC)(OS(=O)(=O)c1ccc(C)cc1)(c1ccccc1)c1ccccc1. The molecule has 0 saturated heterocycles. The number of benzene rings is 3. The summed E-state index contributed by atoms with van der Waals surface area (Å²) in [5, 5.41) is 0. The van der Waals surface area contributed by atoms with Crippen LogP contribution in [0, 0.1) is 14.1 Å². The Morgan fingerprint density at radius 2 is 0.809 bits per heavy atom. The van der Waals surface area contributed by atoms with Crippen LogP contribution in [0.25, 0.3) is 0 Å². The number of alkyl halides is 2. The second-order valence-electron chi connectivity index (χ2n) is 13.5. The number of halogens is 1. The van der Waals surface area contributed by atoms with Crippen molar-refractivity contribution in [3.63, 3.8) is 0 Å². The third kappa shape index (κ3) is 12.3. The van der Waals surface area contributed by atoms with Crippen molar-refractivity contribution < 1.29 is 10.9 Å². The van der Waals surface area contributed by atoms with Crippen LogP contribution in [0.15, 0.2) is 89.8 Å². The van der Waals surface area contributed by atoms with E-state index in [1.807, 2.05) is 31.2 Å². The fourth-order valence-corrected chi connectivity index (χ4v) is 26.5. The van der Waals surface area contributed by atoms with Crippen LogP contribution in [-0.4, -0.2) is 17.3 Å². The fourth-order valence-electron chi connectivity index (χ4n) is 6.70. The number of hydrogen-bond donors (Lipinski definition) is 0. The van der Waals surface area contributed by atoms with Gasteiger partial charge >= 0.3 is 286 Å². The Kier molecular flexibility index (Phi) is 18.1. The molecule has 0 bridgehead atoms. The molecule has 0 fully saturated rings. The molecule has 0 aliphatic carbocycles. The van der Waals surface area contributed by atoms with Crippen molar-refractivity contribution in [1.82, 2.24) is 0 Å². The van der Waals surface area contributed by atoms with Gasteiger partial charge in [0.15, 0.2) is 0 Å². The van der Waals surface area contributed by atoms with Gasteiger partial charge in [0.2, 0.25) is 0 Å². The third-order valence-electron chi connectivity index (χ3n) is 9.55. The summed E-state index contributed by atoms with van der Waals surface area (Å²) >= 11 is -4.63. The molecule has 0 aliphatic rings. The van der Waals surface area contributed by atoms with E-state index >= 15 is 0 Å². The van der Waals surface area contributed by atoms with E-state index in [-0.39, 0.29) is 4.90 Å². The molecule has 3 nitrogen and oxygen atoms in total. The zero-order valence-electron chi connectivity index (χ0n) is 29.9. The maximum atomic E-state index is 14.5. The van der Waals surface area contributed by atoms with Crippen molar-refractivity contribution in [2.24, 2.45) is 0 Å². The average molecular weight is 777 g/mol. The molecule has 0 amide bonds. The van der Waals surface area contributed by atoms with Crippen LogP contribution < -0.4 is 0 Å². The van der Waals surface area contributed by atoms with Gasteiger partial charge in [-0.2, -0.15) is 0 Å².